The Morgan fingerprint density at radius 1 is 1.16 bits per heavy atom. The summed E-state index contributed by atoms with van der Waals surface area (Å²) in [7, 11) is 0. The van der Waals surface area contributed by atoms with Crippen LogP contribution in [0.3, 0.4) is 0 Å². The highest BCUT2D eigenvalue weighted by molar-refractivity contribution is 7.18. The van der Waals surface area contributed by atoms with Gasteiger partial charge in [0.1, 0.15) is 0 Å². The molecule has 2 aromatic carbocycles. The highest BCUT2D eigenvalue weighted by Gasteiger charge is 2.10. The van der Waals surface area contributed by atoms with Gasteiger partial charge in [0.15, 0.2) is 0 Å². The molecular weight excluding hydrogens is 450 g/mol. The van der Waals surface area contributed by atoms with Crippen LogP contribution in [0.1, 0.15) is 23.9 Å². The number of fused-ring (bicyclic) bond motifs is 1. The lowest BCUT2D eigenvalue weighted by Crippen LogP contribution is -2.50. The highest BCUT2D eigenvalue weighted by atomic mass is 35.5. The van der Waals surface area contributed by atoms with Crippen molar-refractivity contribution in [2.24, 2.45) is 4.99 Å². The number of hydrogen-bond donors (Lipinski definition) is 2. The monoisotopic (exact) mass is 471 g/mol. The number of halogens is 1. The maximum Gasteiger partial charge on any atom is 0.335 e. The number of H-pyrrole nitrogens is 1. The zero-order chi connectivity index (χ0) is 22.7. The first-order valence-electron chi connectivity index (χ1n) is 10.2. The minimum atomic E-state index is -0.568. The maximum absolute atomic E-state index is 13.2. The summed E-state index contributed by atoms with van der Waals surface area (Å²) < 4.78 is 3.48. The molecule has 4 aromatic rings. The van der Waals surface area contributed by atoms with Gasteiger partial charge >= 0.3 is 11.4 Å². The molecule has 0 saturated heterocycles. The Morgan fingerprint density at radius 3 is 2.66 bits per heavy atom. The van der Waals surface area contributed by atoms with Crippen molar-refractivity contribution in [2.45, 2.75) is 32.9 Å². The molecule has 0 radical (unpaired) electrons. The van der Waals surface area contributed by atoms with Gasteiger partial charge < -0.3 is 5.11 Å². The second-order valence-corrected chi connectivity index (χ2v) is 8.75. The van der Waals surface area contributed by atoms with E-state index in [0.717, 1.165) is 31.8 Å². The summed E-state index contributed by atoms with van der Waals surface area (Å²) in [5.74, 6) is 0. The number of rotatable bonds is 7. The second kappa shape index (κ2) is 9.64. The summed E-state index contributed by atoms with van der Waals surface area (Å²) in [4.78, 5) is 37.6. The maximum atomic E-state index is 13.2. The molecule has 4 rings (SSSR count). The minimum absolute atomic E-state index is 0.109. The molecule has 0 aliphatic carbocycles. The number of aliphatic hydroxyl groups excluding tert-OH is 1. The summed E-state index contributed by atoms with van der Waals surface area (Å²) in [5, 5.41) is 10.8. The van der Waals surface area contributed by atoms with Gasteiger partial charge in [-0.05, 0) is 48.7 Å². The van der Waals surface area contributed by atoms with Crippen LogP contribution in [0, 0.1) is 0 Å². The Balaban J connectivity index is 1.86. The average Bonchev–Trinajstić information content (AvgIpc) is 3.20. The van der Waals surface area contributed by atoms with E-state index in [-0.39, 0.29) is 25.3 Å². The quantitative estimate of drug-likeness (QED) is 0.432. The van der Waals surface area contributed by atoms with E-state index in [4.69, 9.17) is 16.7 Å². The molecule has 2 heterocycles. The number of thiazole rings is 1. The minimum Gasteiger partial charge on any atom is -0.396 e. The van der Waals surface area contributed by atoms with Crippen LogP contribution in [-0.4, -0.2) is 30.8 Å². The van der Waals surface area contributed by atoms with Crippen molar-refractivity contribution in [2.75, 3.05) is 6.61 Å². The van der Waals surface area contributed by atoms with Gasteiger partial charge in [-0.25, -0.2) is 24.1 Å². The molecule has 0 amide bonds. The first-order valence-corrected chi connectivity index (χ1v) is 11.4. The largest absolute Gasteiger partial charge is 0.396 e. The second-order valence-electron chi connectivity index (χ2n) is 7.20. The van der Waals surface area contributed by atoms with E-state index in [0.29, 0.717) is 17.1 Å². The van der Waals surface area contributed by atoms with Crippen molar-refractivity contribution < 1.29 is 5.11 Å². The van der Waals surface area contributed by atoms with Gasteiger partial charge in [-0.3, -0.25) is 9.55 Å². The van der Waals surface area contributed by atoms with Gasteiger partial charge in [0.25, 0.3) is 0 Å². The molecule has 0 saturated carbocycles. The smallest absolute Gasteiger partial charge is 0.335 e. The van der Waals surface area contributed by atoms with Crippen molar-refractivity contribution in [3.8, 4) is 0 Å². The van der Waals surface area contributed by atoms with Crippen molar-refractivity contribution in [1.82, 2.24) is 19.1 Å². The number of aromatic nitrogens is 4. The van der Waals surface area contributed by atoms with Gasteiger partial charge in [-0.15, -0.1) is 11.3 Å². The first-order chi connectivity index (χ1) is 15.5. The van der Waals surface area contributed by atoms with Crippen molar-refractivity contribution in [3.05, 3.63) is 84.6 Å². The molecule has 2 N–H and O–H groups in total. The van der Waals surface area contributed by atoms with Gasteiger partial charge in [0.2, 0.25) is 5.62 Å². The van der Waals surface area contributed by atoms with E-state index in [9.17, 15) is 9.59 Å². The number of aliphatic hydroxyl groups is 1. The van der Waals surface area contributed by atoms with Crippen LogP contribution >= 0.6 is 22.9 Å². The molecule has 32 heavy (non-hydrogen) atoms. The standard InChI is InChI=1S/C22H22ClN5O3S/c1-2-19-25-17-9-8-16(12-18(17)32-19)24-20-26-21(30)27(10-3-11-29)22(31)28(20)13-14-4-6-15(23)7-5-14/h4-9,12,29H,2-3,10-11,13H2,1H3,(H,24,26,30). The number of aryl methyl sites for hydroxylation is 1. The summed E-state index contributed by atoms with van der Waals surface area (Å²) in [6.07, 6.45) is 1.15. The highest BCUT2D eigenvalue weighted by Crippen LogP contribution is 2.26. The van der Waals surface area contributed by atoms with E-state index in [1.807, 2.05) is 30.3 Å². The van der Waals surface area contributed by atoms with Gasteiger partial charge in [0.05, 0.1) is 27.5 Å². The molecular formula is C22H22ClN5O3S. The van der Waals surface area contributed by atoms with Crippen LogP contribution in [-0.2, 0) is 19.5 Å². The predicted molar refractivity (Wildman–Crippen MR) is 126 cm³/mol. The normalized spacial score (nSPS) is 12.0. The third-order valence-corrected chi connectivity index (χ3v) is 6.34. The van der Waals surface area contributed by atoms with Crippen LogP contribution in [0.4, 0.5) is 5.69 Å². The van der Waals surface area contributed by atoms with E-state index in [2.05, 4.69) is 21.9 Å². The van der Waals surface area contributed by atoms with E-state index in [1.54, 1.807) is 23.5 Å². The van der Waals surface area contributed by atoms with Crippen LogP contribution in [0.15, 0.2) is 57.0 Å². The number of nitrogens with one attached hydrogen (secondary N) is 1. The summed E-state index contributed by atoms with van der Waals surface area (Å²) in [5.41, 5.74) is 1.42. The first kappa shape index (κ1) is 22.2. The van der Waals surface area contributed by atoms with E-state index in [1.165, 1.54) is 4.57 Å². The SMILES string of the molecule is CCc1nc2ccc(/N=c3\[nH]c(=O)n(CCCO)c(=O)n3Cc3ccc(Cl)cc3)cc2s1. The Hall–Kier alpha value is -3.01. The van der Waals surface area contributed by atoms with Crippen molar-refractivity contribution >= 4 is 38.8 Å². The lowest BCUT2D eigenvalue weighted by molar-refractivity contribution is 0.276. The lowest BCUT2D eigenvalue weighted by atomic mass is 10.2. The fraction of sp³-hybridized carbons (Fsp3) is 0.273. The molecule has 8 nitrogen and oxygen atoms in total. The number of nitrogens with zero attached hydrogens (tertiary/aromatic N) is 4. The number of hydrogen-bond acceptors (Lipinski definition) is 6. The molecule has 0 atom stereocenters. The fourth-order valence-electron chi connectivity index (χ4n) is 3.29. The Morgan fingerprint density at radius 2 is 1.94 bits per heavy atom. The third kappa shape index (κ3) is 4.74. The zero-order valence-electron chi connectivity index (χ0n) is 17.4. The molecule has 0 aliphatic rings. The van der Waals surface area contributed by atoms with Crippen molar-refractivity contribution in [3.63, 3.8) is 0 Å². The molecule has 0 bridgehead atoms. The van der Waals surface area contributed by atoms with E-state index < -0.39 is 11.4 Å². The lowest BCUT2D eigenvalue weighted by Gasteiger charge is -2.11. The Bertz CT molecular complexity index is 1430. The molecule has 0 spiro atoms. The average molecular weight is 472 g/mol. The van der Waals surface area contributed by atoms with Crippen LogP contribution < -0.4 is 17.0 Å². The Kier molecular flexibility index (Phi) is 6.69. The molecule has 0 aliphatic heterocycles. The van der Waals surface area contributed by atoms with Gasteiger partial charge in [-0.1, -0.05) is 30.7 Å². The van der Waals surface area contributed by atoms with Crippen LogP contribution in [0.2, 0.25) is 5.02 Å². The van der Waals surface area contributed by atoms with Crippen LogP contribution in [0.5, 0.6) is 0 Å². The van der Waals surface area contributed by atoms with Gasteiger partial charge in [-0.2, -0.15) is 0 Å². The molecule has 166 valence electrons. The van der Waals surface area contributed by atoms with E-state index >= 15 is 0 Å². The zero-order valence-corrected chi connectivity index (χ0v) is 19.0. The fourth-order valence-corrected chi connectivity index (χ4v) is 4.35. The molecule has 2 aromatic heterocycles. The predicted octanol–water partition coefficient (Wildman–Crippen LogP) is 2.83. The molecule has 10 heteroatoms. The number of aromatic amines is 1. The van der Waals surface area contributed by atoms with Crippen LogP contribution in [0.25, 0.3) is 10.2 Å². The Labute approximate surface area is 192 Å². The third-order valence-electron chi connectivity index (χ3n) is 4.93. The summed E-state index contributed by atoms with van der Waals surface area (Å²) in [6, 6.07) is 12.7. The summed E-state index contributed by atoms with van der Waals surface area (Å²) >= 11 is 7.58. The molecule has 0 unspecified atom stereocenters. The summed E-state index contributed by atoms with van der Waals surface area (Å²) in [6.45, 7) is 2.24. The van der Waals surface area contributed by atoms with Crippen molar-refractivity contribution in [1.29, 1.82) is 0 Å². The van der Waals surface area contributed by atoms with Gasteiger partial charge in [0, 0.05) is 18.2 Å². The topological polar surface area (TPSA) is 105 Å². The molecule has 0 fully saturated rings. The number of benzene rings is 2.